The standard InChI is InChI=1S/C15H19N3O2/c1-4-10(3)20-15-13-11(6-7-12(19)5-2)8-16-14(13)17-9-18-15/h6-10H,4-5H2,1-3H3,(H,16,17,18). The first-order valence-electron chi connectivity index (χ1n) is 6.85. The molecule has 1 N–H and O–H groups in total. The lowest BCUT2D eigenvalue weighted by Gasteiger charge is -2.12. The van der Waals surface area contributed by atoms with Crippen LogP contribution >= 0.6 is 0 Å². The van der Waals surface area contributed by atoms with Gasteiger partial charge in [-0.1, -0.05) is 13.8 Å². The summed E-state index contributed by atoms with van der Waals surface area (Å²) in [5.41, 5.74) is 1.57. The number of carbonyl (C=O) groups excluding carboxylic acids is 1. The Labute approximate surface area is 118 Å². The van der Waals surface area contributed by atoms with Gasteiger partial charge in [0.1, 0.15) is 12.0 Å². The molecule has 5 heteroatoms. The van der Waals surface area contributed by atoms with E-state index in [0.29, 0.717) is 17.9 Å². The van der Waals surface area contributed by atoms with E-state index in [-0.39, 0.29) is 11.9 Å². The van der Waals surface area contributed by atoms with Crippen molar-refractivity contribution in [3.8, 4) is 5.88 Å². The number of ether oxygens (including phenoxy) is 1. The molecule has 0 aliphatic carbocycles. The van der Waals surface area contributed by atoms with Gasteiger partial charge in [-0.05, 0) is 25.5 Å². The van der Waals surface area contributed by atoms with E-state index in [4.69, 9.17) is 4.74 Å². The van der Waals surface area contributed by atoms with Crippen LogP contribution in [0.4, 0.5) is 0 Å². The van der Waals surface area contributed by atoms with Gasteiger partial charge in [-0.3, -0.25) is 4.79 Å². The highest BCUT2D eigenvalue weighted by Gasteiger charge is 2.12. The predicted molar refractivity (Wildman–Crippen MR) is 78.6 cm³/mol. The molecule has 1 unspecified atom stereocenters. The second-order valence-electron chi connectivity index (χ2n) is 4.64. The summed E-state index contributed by atoms with van der Waals surface area (Å²) in [5.74, 6) is 0.634. The molecule has 0 aliphatic rings. The minimum atomic E-state index is 0.0807. The van der Waals surface area contributed by atoms with E-state index in [2.05, 4.69) is 21.9 Å². The molecule has 1 atom stereocenters. The van der Waals surface area contributed by atoms with Crippen molar-refractivity contribution >= 4 is 22.9 Å². The minimum Gasteiger partial charge on any atom is -0.474 e. The summed E-state index contributed by atoms with van der Waals surface area (Å²) in [6.07, 6.45) is 8.10. The Kier molecular flexibility index (Phi) is 4.50. The van der Waals surface area contributed by atoms with E-state index in [1.165, 1.54) is 6.33 Å². The van der Waals surface area contributed by atoms with Gasteiger partial charge < -0.3 is 9.72 Å². The molecular weight excluding hydrogens is 254 g/mol. The Hall–Kier alpha value is -2.17. The largest absolute Gasteiger partial charge is 0.474 e. The van der Waals surface area contributed by atoms with Gasteiger partial charge in [-0.15, -0.1) is 0 Å². The summed E-state index contributed by atoms with van der Waals surface area (Å²) in [6, 6.07) is 0. The molecule has 0 aliphatic heterocycles. The predicted octanol–water partition coefficient (Wildman–Crippen LogP) is 3.13. The Morgan fingerprint density at radius 2 is 2.25 bits per heavy atom. The Balaban J connectivity index is 2.41. The van der Waals surface area contributed by atoms with E-state index in [1.807, 2.05) is 20.0 Å². The van der Waals surface area contributed by atoms with Crippen LogP contribution in [0.1, 0.15) is 39.2 Å². The fourth-order valence-corrected chi connectivity index (χ4v) is 1.75. The maximum Gasteiger partial charge on any atom is 0.226 e. The summed E-state index contributed by atoms with van der Waals surface area (Å²) < 4.78 is 5.82. The molecule has 5 nitrogen and oxygen atoms in total. The van der Waals surface area contributed by atoms with Crippen LogP contribution in [0, 0.1) is 0 Å². The molecule has 0 radical (unpaired) electrons. The number of ketones is 1. The molecular formula is C15H19N3O2. The van der Waals surface area contributed by atoms with Crippen molar-refractivity contribution in [2.45, 2.75) is 39.7 Å². The Bertz CT molecular complexity index is 631. The zero-order valence-corrected chi connectivity index (χ0v) is 12.0. The molecule has 20 heavy (non-hydrogen) atoms. The maximum absolute atomic E-state index is 11.4. The number of H-pyrrole nitrogens is 1. The molecule has 0 amide bonds. The lowest BCUT2D eigenvalue weighted by molar-refractivity contribution is -0.114. The second-order valence-corrected chi connectivity index (χ2v) is 4.64. The van der Waals surface area contributed by atoms with Crippen molar-refractivity contribution in [2.75, 3.05) is 0 Å². The normalized spacial score (nSPS) is 12.9. The first-order chi connectivity index (χ1) is 9.65. The molecule has 0 aromatic carbocycles. The average Bonchev–Trinajstić information content (AvgIpc) is 2.88. The van der Waals surface area contributed by atoms with Crippen molar-refractivity contribution in [3.63, 3.8) is 0 Å². The van der Waals surface area contributed by atoms with Gasteiger partial charge in [-0.25, -0.2) is 9.97 Å². The van der Waals surface area contributed by atoms with Gasteiger partial charge in [0, 0.05) is 18.2 Å². The monoisotopic (exact) mass is 273 g/mol. The zero-order valence-electron chi connectivity index (χ0n) is 12.0. The van der Waals surface area contributed by atoms with Crippen LogP contribution in [0.25, 0.3) is 17.1 Å². The topological polar surface area (TPSA) is 67.9 Å². The summed E-state index contributed by atoms with van der Waals surface area (Å²) >= 11 is 0. The Morgan fingerprint density at radius 1 is 1.45 bits per heavy atom. The molecule has 2 aromatic heterocycles. The summed E-state index contributed by atoms with van der Waals surface area (Å²) in [4.78, 5) is 22.8. The van der Waals surface area contributed by atoms with Crippen LogP contribution in [0.15, 0.2) is 18.6 Å². The fourth-order valence-electron chi connectivity index (χ4n) is 1.75. The molecule has 0 spiro atoms. The van der Waals surface area contributed by atoms with Crippen LogP contribution in [0.5, 0.6) is 5.88 Å². The summed E-state index contributed by atoms with van der Waals surface area (Å²) in [5, 5.41) is 0.813. The fraction of sp³-hybridized carbons (Fsp3) is 0.400. The molecule has 106 valence electrons. The van der Waals surface area contributed by atoms with Crippen LogP contribution < -0.4 is 4.74 Å². The number of fused-ring (bicyclic) bond motifs is 1. The maximum atomic E-state index is 11.4. The van der Waals surface area contributed by atoms with Crippen LogP contribution in [0.2, 0.25) is 0 Å². The zero-order chi connectivity index (χ0) is 14.5. The highest BCUT2D eigenvalue weighted by molar-refractivity contribution is 5.97. The van der Waals surface area contributed by atoms with Gasteiger partial charge in [0.15, 0.2) is 5.78 Å². The SMILES string of the molecule is CCC(=O)C=Cc1c[nH]c2ncnc(OC(C)CC)c12. The third-order valence-corrected chi connectivity index (χ3v) is 3.15. The first kappa shape index (κ1) is 14.2. The molecule has 0 saturated carbocycles. The number of rotatable bonds is 6. The second kappa shape index (κ2) is 6.32. The van der Waals surface area contributed by atoms with Crippen molar-refractivity contribution in [2.24, 2.45) is 0 Å². The molecule has 2 rings (SSSR count). The summed E-state index contributed by atoms with van der Waals surface area (Å²) in [6.45, 7) is 5.89. The number of aromatic nitrogens is 3. The van der Waals surface area contributed by atoms with E-state index in [9.17, 15) is 4.79 Å². The number of allylic oxidation sites excluding steroid dienone is 1. The number of nitrogens with zero attached hydrogens (tertiary/aromatic N) is 2. The number of hydrogen-bond donors (Lipinski definition) is 1. The van der Waals surface area contributed by atoms with Crippen molar-refractivity contribution in [3.05, 3.63) is 24.2 Å². The number of aromatic amines is 1. The van der Waals surface area contributed by atoms with E-state index < -0.39 is 0 Å². The van der Waals surface area contributed by atoms with Crippen LogP contribution in [-0.4, -0.2) is 26.8 Å². The van der Waals surface area contributed by atoms with E-state index in [0.717, 1.165) is 17.4 Å². The highest BCUT2D eigenvalue weighted by atomic mass is 16.5. The molecule has 2 heterocycles. The number of hydrogen-bond acceptors (Lipinski definition) is 4. The average molecular weight is 273 g/mol. The van der Waals surface area contributed by atoms with Gasteiger partial charge in [-0.2, -0.15) is 0 Å². The smallest absolute Gasteiger partial charge is 0.226 e. The molecule has 0 saturated heterocycles. The molecule has 2 aromatic rings. The van der Waals surface area contributed by atoms with E-state index >= 15 is 0 Å². The molecule has 0 bridgehead atoms. The van der Waals surface area contributed by atoms with Gasteiger partial charge >= 0.3 is 0 Å². The van der Waals surface area contributed by atoms with E-state index in [1.54, 1.807) is 12.2 Å². The van der Waals surface area contributed by atoms with Crippen molar-refractivity contribution in [1.29, 1.82) is 0 Å². The third kappa shape index (κ3) is 3.04. The number of carbonyl (C=O) groups is 1. The molecule has 0 fully saturated rings. The highest BCUT2D eigenvalue weighted by Crippen LogP contribution is 2.27. The minimum absolute atomic E-state index is 0.0807. The number of nitrogens with one attached hydrogen (secondary N) is 1. The summed E-state index contributed by atoms with van der Waals surface area (Å²) in [7, 11) is 0. The third-order valence-electron chi connectivity index (χ3n) is 3.15. The lowest BCUT2D eigenvalue weighted by Crippen LogP contribution is -2.11. The quantitative estimate of drug-likeness (QED) is 0.821. The lowest BCUT2D eigenvalue weighted by atomic mass is 10.2. The van der Waals surface area contributed by atoms with Crippen LogP contribution in [0.3, 0.4) is 0 Å². The van der Waals surface area contributed by atoms with Gasteiger partial charge in [0.2, 0.25) is 5.88 Å². The van der Waals surface area contributed by atoms with Crippen molar-refractivity contribution < 1.29 is 9.53 Å². The van der Waals surface area contributed by atoms with Gasteiger partial charge in [0.25, 0.3) is 0 Å². The van der Waals surface area contributed by atoms with Crippen LogP contribution in [-0.2, 0) is 4.79 Å². The first-order valence-corrected chi connectivity index (χ1v) is 6.85. The Morgan fingerprint density at radius 3 is 2.95 bits per heavy atom. The van der Waals surface area contributed by atoms with Crippen molar-refractivity contribution in [1.82, 2.24) is 15.0 Å². The van der Waals surface area contributed by atoms with Gasteiger partial charge in [0.05, 0.1) is 11.5 Å².